The normalized spacial score (nSPS) is 19.9. The molecule has 1 atom stereocenters. The summed E-state index contributed by atoms with van der Waals surface area (Å²) >= 11 is 3.30. The Morgan fingerprint density at radius 2 is 2.35 bits per heavy atom. The molecular formula is C12H15BrN2O2. The number of nitrogens with two attached hydrogens (primary N) is 1. The van der Waals surface area contributed by atoms with E-state index in [0.29, 0.717) is 17.9 Å². The number of benzene rings is 1. The zero-order valence-electron chi connectivity index (χ0n) is 9.41. The number of ether oxygens (including phenoxy) is 1. The summed E-state index contributed by atoms with van der Waals surface area (Å²) in [5.41, 5.74) is 6.89. The molecule has 0 aliphatic carbocycles. The lowest BCUT2D eigenvalue weighted by atomic mass is 10.1. The highest BCUT2D eigenvalue weighted by atomic mass is 79.9. The molecule has 92 valence electrons. The third-order valence-corrected chi connectivity index (χ3v) is 3.48. The number of amides is 1. The highest BCUT2D eigenvalue weighted by Crippen LogP contribution is 2.20. The summed E-state index contributed by atoms with van der Waals surface area (Å²) in [6, 6.07) is 5.31. The van der Waals surface area contributed by atoms with Crippen molar-refractivity contribution < 1.29 is 9.53 Å². The first-order valence-electron chi connectivity index (χ1n) is 5.60. The van der Waals surface area contributed by atoms with Crippen LogP contribution in [0.2, 0.25) is 0 Å². The molecule has 1 aliphatic rings. The lowest BCUT2D eigenvalue weighted by Gasteiger charge is -2.23. The van der Waals surface area contributed by atoms with Gasteiger partial charge >= 0.3 is 0 Å². The van der Waals surface area contributed by atoms with Crippen molar-refractivity contribution >= 4 is 27.5 Å². The van der Waals surface area contributed by atoms with E-state index in [9.17, 15) is 4.79 Å². The summed E-state index contributed by atoms with van der Waals surface area (Å²) in [7, 11) is 0. The Labute approximate surface area is 109 Å². The molecule has 1 amide bonds. The predicted molar refractivity (Wildman–Crippen MR) is 69.9 cm³/mol. The fourth-order valence-corrected chi connectivity index (χ4v) is 2.05. The second-order valence-electron chi connectivity index (χ2n) is 4.12. The number of nitrogen functional groups attached to an aromatic ring is 1. The molecule has 3 N–H and O–H groups in total. The van der Waals surface area contributed by atoms with Crippen molar-refractivity contribution in [2.75, 3.05) is 18.9 Å². The van der Waals surface area contributed by atoms with E-state index in [1.165, 1.54) is 0 Å². The van der Waals surface area contributed by atoms with Crippen LogP contribution in [0.1, 0.15) is 23.2 Å². The zero-order chi connectivity index (χ0) is 12.3. The molecule has 5 heteroatoms. The second-order valence-corrected chi connectivity index (χ2v) is 4.98. The Balaban J connectivity index is 2.01. The molecule has 0 spiro atoms. The van der Waals surface area contributed by atoms with Crippen LogP contribution in [0, 0.1) is 0 Å². The molecule has 1 unspecified atom stereocenters. The van der Waals surface area contributed by atoms with Crippen LogP contribution in [0.3, 0.4) is 0 Å². The first-order chi connectivity index (χ1) is 8.16. The standard InChI is InChI=1S/C12H15BrN2O2/c13-10-4-3-8(6-11(10)14)12(16)15-9-2-1-5-17-7-9/h3-4,6,9H,1-2,5,7,14H2,(H,15,16). The number of carbonyl (C=O) groups excluding carboxylic acids is 1. The first-order valence-corrected chi connectivity index (χ1v) is 6.40. The summed E-state index contributed by atoms with van der Waals surface area (Å²) in [4.78, 5) is 11.9. The Kier molecular flexibility index (Phi) is 4.02. The maximum atomic E-state index is 11.9. The minimum absolute atomic E-state index is 0.0975. The molecule has 1 heterocycles. The zero-order valence-corrected chi connectivity index (χ0v) is 11.0. The number of hydrogen-bond acceptors (Lipinski definition) is 3. The fourth-order valence-electron chi connectivity index (χ4n) is 1.81. The first kappa shape index (κ1) is 12.4. The highest BCUT2D eigenvalue weighted by molar-refractivity contribution is 9.10. The Bertz CT molecular complexity index is 417. The van der Waals surface area contributed by atoms with Gasteiger partial charge in [0.1, 0.15) is 0 Å². The number of hydrogen-bond donors (Lipinski definition) is 2. The molecule has 2 rings (SSSR count). The highest BCUT2D eigenvalue weighted by Gasteiger charge is 2.17. The second kappa shape index (κ2) is 5.51. The van der Waals surface area contributed by atoms with Crippen LogP contribution in [0.15, 0.2) is 22.7 Å². The van der Waals surface area contributed by atoms with Crippen LogP contribution < -0.4 is 11.1 Å². The number of carbonyl (C=O) groups is 1. The number of anilines is 1. The van der Waals surface area contributed by atoms with Gasteiger partial charge < -0.3 is 15.8 Å². The van der Waals surface area contributed by atoms with Crippen LogP contribution in [0.4, 0.5) is 5.69 Å². The summed E-state index contributed by atoms with van der Waals surface area (Å²) in [5, 5.41) is 2.95. The Hall–Kier alpha value is -1.07. The van der Waals surface area contributed by atoms with Crippen molar-refractivity contribution in [3.8, 4) is 0 Å². The van der Waals surface area contributed by atoms with E-state index >= 15 is 0 Å². The van der Waals surface area contributed by atoms with Gasteiger partial charge in [0.2, 0.25) is 0 Å². The summed E-state index contributed by atoms with van der Waals surface area (Å²) in [5.74, 6) is -0.0975. The minimum atomic E-state index is -0.0975. The Morgan fingerprint density at radius 3 is 3.00 bits per heavy atom. The van der Waals surface area contributed by atoms with E-state index in [4.69, 9.17) is 10.5 Å². The van der Waals surface area contributed by atoms with Crippen molar-refractivity contribution in [2.45, 2.75) is 18.9 Å². The molecule has 0 bridgehead atoms. The number of halogens is 1. The van der Waals surface area contributed by atoms with Gasteiger partial charge in [-0.2, -0.15) is 0 Å². The lowest BCUT2D eigenvalue weighted by Crippen LogP contribution is -2.40. The van der Waals surface area contributed by atoms with Gasteiger partial charge in [0.15, 0.2) is 0 Å². The third kappa shape index (κ3) is 3.20. The summed E-state index contributed by atoms with van der Waals surface area (Å²) < 4.78 is 6.12. The number of rotatable bonds is 2. The molecule has 1 aliphatic heterocycles. The van der Waals surface area contributed by atoms with Gasteiger partial charge in [-0.1, -0.05) is 0 Å². The van der Waals surface area contributed by atoms with Gasteiger partial charge in [-0.3, -0.25) is 4.79 Å². The molecule has 1 aromatic carbocycles. The molecule has 1 saturated heterocycles. The molecule has 0 radical (unpaired) electrons. The van der Waals surface area contributed by atoms with Crippen LogP contribution >= 0.6 is 15.9 Å². The molecule has 0 aromatic heterocycles. The van der Waals surface area contributed by atoms with Gasteiger partial charge in [-0.25, -0.2) is 0 Å². The topological polar surface area (TPSA) is 64.4 Å². The van der Waals surface area contributed by atoms with Gasteiger partial charge in [-0.05, 0) is 47.0 Å². The van der Waals surface area contributed by atoms with Crippen molar-refractivity contribution in [1.82, 2.24) is 5.32 Å². The molecule has 1 fully saturated rings. The van der Waals surface area contributed by atoms with E-state index in [2.05, 4.69) is 21.2 Å². The van der Waals surface area contributed by atoms with Crippen molar-refractivity contribution in [1.29, 1.82) is 0 Å². The SMILES string of the molecule is Nc1cc(C(=O)NC2CCCOC2)ccc1Br. The lowest BCUT2D eigenvalue weighted by molar-refractivity contribution is 0.0624. The Morgan fingerprint density at radius 1 is 1.53 bits per heavy atom. The summed E-state index contributed by atoms with van der Waals surface area (Å²) in [6.45, 7) is 1.38. The largest absolute Gasteiger partial charge is 0.398 e. The maximum absolute atomic E-state index is 11.9. The minimum Gasteiger partial charge on any atom is -0.398 e. The van der Waals surface area contributed by atoms with E-state index in [0.717, 1.165) is 23.9 Å². The molecule has 4 nitrogen and oxygen atoms in total. The quantitative estimate of drug-likeness (QED) is 0.820. The predicted octanol–water partition coefficient (Wildman–Crippen LogP) is 1.94. The van der Waals surface area contributed by atoms with E-state index in [1.807, 2.05) is 0 Å². The average molecular weight is 299 g/mol. The van der Waals surface area contributed by atoms with Gasteiger partial charge in [0, 0.05) is 22.3 Å². The average Bonchev–Trinajstić information content (AvgIpc) is 2.34. The molecular weight excluding hydrogens is 284 g/mol. The van der Waals surface area contributed by atoms with Gasteiger partial charge in [0.25, 0.3) is 5.91 Å². The van der Waals surface area contributed by atoms with Crippen LogP contribution in [-0.2, 0) is 4.74 Å². The fraction of sp³-hybridized carbons (Fsp3) is 0.417. The van der Waals surface area contributed by atoms with Gasteiger partial charge in [-0.15, -0.1) is 0 Å². The summed E-state index contributed by atoms with van der Waals surface area (Å²) in [6.07, 6.45) is 1.96. The molecule has 0 saturated carbocycles. The number of nitrogens with one attached hydrogen (secondary N) is 1. The molecule has 17 heavy (non-hydrogen) atoms. The van der Waals surface area contributed by atoms with Crippen molar-refractivity contribution in [2.24, 2.45) is 0 Å². The van der Waals surface area contributed by atoms with E-state index < -0.39 is 0 Å². The van der Waals surface area contributed by atoms with E-state index in [-0.39, 0.29) is 11.9 Å². The smallest absolute Gasteiger partial charge is 0.251 e. The van der Waals surface area contributed by atoms with Crippen LogP contribution in [0.5, 0.6) is 0 Å². The van der Waals surface area contributed by atoms with Crippen LogP contribution in [-0.4, -0.2) is 25.2 Å². The van der Waals surface area contributed by atoms with Crippen molar-refractivity contribution in [3.05, 3.63) is 28.2 Å². The molecule has 1 aromatic rings. The van der Waals surface area contributed by atoms with Crippen LogP contribution in [0.25, 0.3) is 0 Å². The third-order valence-electron chi connectivity index (χ3n) is 2.75. The van der Waals surface area contributed by atoms with Crippen molar-refractivity contribution in [3.63, 3.8) is 0 Å². The van der Waals surface area contributed by atoms with E-state index in [1.54, 1.807) is 18.2 Å². The maximum Gasteiger partial charge on any atom is 0.251 e. The monoisotopic (exact) mass is 298 g/mol. The van der Waals surface area contributed by atoms with Gasteiger partial charge in [0.05, 0.1) is 12.6 Å².